The third kappa shape index (κ3) is 12.4. The molecule has 0 aliphatic carbocycles. The first-order chi connectivity index (χ1) is 23.2. The van der Waals surface area contributed by atoms with Gasteiger partial charge in [-0.15, -0.1) is 0 Å². The Kier molecular flexibility index (Phi) is 17.9. The summed E-state index contributed by atoms with van der Waals surface area (Å²) in [5.74, 6) is 0. The van der Waals surface area contributed by atoms with Gasteiger partial charge in [0, 0.05) is 65.5 Å². The summed E-state index contributed by atoms with van der Waals surface area (Å²) in [7, 11) is -2.23. The van der Waals surface area contributed by atoms with E-state index in [4.69, 9.17) is 14.3 Å². The predicted molar refractivity (Wildman–Crippen MR) is 198 cm³/mol. The zero-order chi connectivity index (χ0) is 34.8. The van der Waals surface area contributed by atoms with Gasteiger partial charge in [0.1, 0.15) is 0 Å². The van der Waals surface area contributed by atoms with E-state index in [-0.39, 0.29) is 12.0 Å². The number of aromatic nitrogens is 2. The van der Waals surface area contributed by atoms with Crippen molar-refractivity contribution in [2.75, 3.05) is 19.8 Å². The van der Waals surface area contributed by atoms with Crippen molar-refractivity contribution in [3.8, 4) is 0 Å². The van der Waals surface area contributed by atoms with Gasteiger partial charge in [0.05, 0.1) is 16.3 Å². The molecule has 0 unspecified atom stereocenters. The molecule has 0 atom stereocenters. The lowest BCUT2D eigenvalue weighted by atomic mass is 9.67. The fraction of sp³-hybridized carbons (Fsp3) is 0.222. The van der Waals surface area contributed by atoms with Gasteiger partial charge in [-0.05, 0) is 87.4 Å². The van der Waals surface area contributed by atoms with Crippen LogP contribution in [0.4, 0.5) is 0 Å². The first-order valence-corrected chi connectivity index (χ1v) is 18.5. The predicted octanol–water partition coefficient (Wildman–Crippen LogP) is 6.42. The lowest BCUT2D eigenvalue weighted by molar-refractivity contribution is -0.899. The van der Waals surface area contributed by atoms with Crippen LogP contribution in [0.1, 0.15) is 43.4 Å². The Morgan fingerprint density at radius 1 is 0.583 bits per heavy atom. The molecule has 0 amide bonds. The Balaban J connectivity index is 0.000000233. The number of nitrogens with zero attached hydrogens (tertiary/aromatic N) is 2. The molecule has 0 saturated carbocycles. The fourth-order valence-corrected chi connectivity index (χ4v) is 6.28. The second-order valence-corrected chi connectivity index (χ2v) is 13.5. The van der Waals surface area contributed by atoms with Crippen molar-refractivity contribution >= 4 is 71.0 Å². The second kappa shape index (κ2) is 21.5. The van der Waals surface area contributed by atoms with Crippen molar-refractivity contribution < 1.29 is 33.8 Å². The number of benzene rings is 3. The van der Waals surface area contributed by atoms with Gasteiger partial charge in [0.15, 0.2) is 13.2 Å². The summed E-state index contributed by atoms with van der Waals surface area (Å²) >= 11 is 13.4. The van der Waals surface area contributed by atoms with E-state index in [1.54, 1.807) is 9.46 Å². The summed E-state index contributed by atoms with van der Waals surface area (Å²) in [4.78, 5) is 10.5. The van der Waals surface area contributed by atoms with Gasteiger partial charge in [0.25, 0.3) is 9.21 Å². The van der Waals surface area contributed by atoms with Crippen molar-refractivity contribution in [3.05, 3.63) is 162 Å². The van der Waals surface area contributed by atoms with Crippen LogP contribution in [0.15, 0.2) is 146 Å². The maximum Gasteiger partial charge on any atom is 0.298 e. The van der Waals surface area contributed by atoms with E-state index < -0.39 is 7.32 Å². The molecule has 5 aromatic rings. The highest BCUT2D eigenvalue weighted by Crippen LogP contribution is 2.42. The molecule has 0 bridgehead atoms. The van der Waals surface area contributed by atoms with E-state index >= 15 is 0 Å². The van der Waals surface area contributed by atoms with E-state index in [2.05, 4.69) is 100 Å². The van der Waals surface area contributed by atoms with Gasteiger partial charge in [-0.3, -0.25) is 9.68 Å². The monoisotopic (exact) mass is 904 g/mol. The lowest BCUT2D eigenvalue weighted by Crippen LogP contribution is -2.48. The molecule has 0 saturated heterocycles. The average Bonchev–Trinajstić information content (AvgIpc) is 3.10. The topological polar surface area (TPSA) is 81.6 Å². The van der Waals surface area contributed by atoms with Gasteiger partial charge in [-0.2, -0.15) is 0 Å². The summed E-state index contributed by atoms with van der Waals surface area (Å²) < 4.78 is 11.9. The zero-order valence-electron chi connectivity index (χ0n) is 26.7. The SMILES string of the molecule is CCO[n+]1cc(Br)ccc1Br.CCO[n+]1cc(Br)ccc1Br.[O-]B([O-])OCCCC(c1ccccc1)(c1ccccc1)c1ccccc1. The van der Waals surface area contributed by atoms with Crippen LogP contribution in [0.3, 0.4) is 0 Å². The van der Waals surface area contributed by atoms with Crippen molar-refractivity contribution in [2.24, 2.45) is 0 Å². The molecule has 5 rings (SSSR count). The first-order valence-electron chi connectivity index (χ1n) is 15.3. The third-order valence-electron chi connectivity index (χ3n) is 6.95. The van der Waals surface area contributed by atoms with Gasteiger partial charge in [0.2, 0.25) is 12.4 Å². The van der Waals surface area contributed by atoms with Crippen molar-refractivity contribution in [1.29, 1.82) is 0 Å². The standard InChI is InChI=1S/C22H21BO3.2C7H8Br2NO/c24-23(25)26-18-10-17-22(19-11-4-1-5-12-19,20-13-6-2-7-14-20)21-15-8-3-9-16-21;2*1-2-11-10-5-6(8)3-4-7(10)9/h1-9,11-16H,10,17-18H2;2*3-5H,2H2,1H3/q-2;2*+1. The fourth-order valence-electron chi connectivity index (χ4n) is 4.97. The highest BCUT2D eigenvalue weighted by molar-refractivity contribution is 9.11. The second-order valence-electron chi connectivity index (χ2n) is 10.1. The Hall–Kier alpha value is -2.58. The summed E-state index contributed by atoms with van der Waals surface area (Å²) in [6, 6.07) is 38.8. The maximum atomic E-state index is 10.7. The molecule has 2 heterocycles. The van der Waals surface area contributed by atoms with Crippen LogP contribution >= 0.6 is 63.7 Å². The molecule has 48 heavy (non-hydrogen) atoms. The quantitative estimate of drug-likeness (QED) is 0.0475. The maximum absolute atomic E-state index is 10.7. The Morgan fingerprint density at radius 2 is 0.958 bits per heavy atom. The molecular formula is C36H37BBr4N2O5. The molecule has 2 aromatic heterocycles. The largest absolute Gasteiger partial charge is 0.871 e. The molecule has 3 aromatic carbocycles. The molecule has 12 heteroatoms. The van der Waals surface area contributed by atoms with Crippen molar-refractivity contribution in [1.82, 2.24) is 0 Å². The number of hydrogen-bond acceptors (Lipinski definition) is 5. The first kappa shape index (κ1) is 39.9. The van der Waals surface area contributed by atoms with Crippen LogP contribution in [0.2, 0.25) is 0 Å². The van der Waals surface area contributed by atoms with Crippen molar-refractivity contribution in [2.45, 2.75) is 32.1 Å². The molecule has 7 nitrogen and oxygen atoms in total. The normalized spacial score (nSPS) is 10.6. The molecule has 0 radical (unpaired) electrons. The molecule has 0 N–H and O–H groups in total. The van der Waals surface area contributed by atoms with Crippen LogP contribution < -0.4 is 29.2 Å². The summed E-state index contributed by atoms with van der Waals surface area (Å²) in [5, 5.41) is 21.4. The minimum Gasteiger partial charge on any atom is -0.871 e. The zero-order valence-corrected chi connectivity index (χ0v) is 33.0. The van der Waals surface area contributed by atoms with Crippen LogP contribution in [0.5, 0.6) is 0 Å². The lowest BCUT2D eigenvalue weighted by Gasteiger charge is -2.37. The minimum absolute atomic E-state index is 0.159. The number of rotatable bonds is 12. The minimum atomic E-state index is -2.23. The highest BCUT2D eigenvalue weighted by atomic mass is 79.9. The number of pyridine rings is 2. The van der Waals surface area contributed by atoms with Crippen LogP contribution in [-0.2, 0) is 10.1 Å². The molecule has 0 aliphatic rings. The molecule has 252 valence electrons. The van der Waals surface area contributed by atoms with Gasteiger partial charge in [-0.1, -0.05) is 91.0 Å². The Labute approximate surface area is 317 Å². The van der Waals surface area contributed by atoms with E-state index in [0.29, 0.717) is 19.6 Å². The summed E-state index contributed by atoms with van der Waals surface area (Å²) in [6.07, 6.45) is 5.05. The van der Waals surface area contributed by atoms with Crippen molar-refractivity contribution in [3.63, 3.8) is 0 Å². The molecule has 0 fully saturated rings. The van der Waals surface area contributed by atoms with Crippen LogP contribution in [-0.4, -0.2) is 27.1 Å². The van der Waals surface area contributed by atoms with Gasteiger partial charge >= 0.3 is 0 Å². The molecule has 0 aliphatic heterocycles. The smallest absolute Gasteiger partial charge is 0.298 e. The number of hydrogen-bond donors (Lipinski definition) is 0. The van der Waals surface area contributed by atoms with E-state index in [0.717, 1.165) is 24.6 Å². The van der Waals surface area contributed by atoms with E-state index in [1.165, 1.54) is 16.7 Å². The number of halogens is 4. The molecular weight excluding hydrogens is 871 g/mol. The van der Waals surface area contributed by atoms with E-state index in [9.17, 15) is 10.0 Å². The van der Waals surface area contributed by atoms with Gasteiger partial charge < -0.3 is 14.7 Å². The third-order valence-corrected chi connectivity index (χ3v) is 9.11. The molecule has 0 spiro atoms. The Bertz CT molecular complexity index is 1490. The average molecular weight is 908 g/mol. The summed E-state index contributed by atoms with van der Waals surface area (Å²) in [6.45, 7) is 5.35. The summed E-state index contributed by atoms with van der Waals surface area (Å²) in [5.41, 5.74) is 3.17. The van der Waals surface area contributed by atoms with E-state index in [1.807, 2.05) is 105 Å². The van der Waals surface area contributed by atoms with Gasteiger partial charge in [-0.25, -0.2) is 0 Å². The van der Waals surface area contributed by atoms with Crippen LogP contribution in [0, 0.1) is 0 Å². The van der Waals surface area contributed by atoms with Crippen LogP contribution in [0.25, 0.3) is 0 Å². The Morgan fingerprint density at radius 3 is 1.29 bits per heavy atom. The highest BCUT2D eigenvalue weighted by Gasteiger charge is 2.35.